The molecule has 164 valence electrons. The molecule has 0 fully saturated rings. The quantitative estimate of drug-likeness (QED) is 0.606. The van der Waals surface area contributed by atoms with Gasteiger partial charge in [0, 0.05) is 17.0 Å². The number of benzene rings is 2. The minimum Gasteiger partial charge on any atom is -0.493 e. The van der Waals surface area contributed by atoms with Crippen LogP contribution >= 0.6 is 11.8 Å². The summed E-state index contributed by atoms with van der Waals surface area (Å²) in [5, 5.41) is 5.63. The lowest BCUT2D eigenvalue weighted by Gasteiger charge is -2.44. The summed E-state index contributed by atoms with van der Waals surface area (Å²) in [6.45, 7) is 3.99. The molecule has 0 bridgehead atoms. The first-order chi connectivity index (χ1) is 14.9. The molecule has 5 nitrogen and oxygen atoms in total. The lowest BCUT2D eigenvalue weighted by molar-refractivity contribution is 0.0385. The summed E-state index contributed by atoms with van der Waals surface area (Å²) in [6.07, 6.45) is 0.647. The molecule has 4 rings (SSSR count). The van der Waals surface area contributed by atoms with Gasteiger partial charge in [-0.3, -0.25) is 0 Å². The number of amides is 1. The van der Waals surface area contributed by atoms with Gasteiger partial charge >= 0.3 is 6.09 Å². The van der Waals surface area contributed by atoms with Crippen LogP contribution in [0.15, 0.2) is 41.5 Å². The van der Waals surface area contributed by atoms with E-state index in [9.17, 15) is 18.0 Å². The van der Waals surface area contributed by atoms with E-state index in [0.29, 0.717) is 17.7 Å². The number of thioether (sulfide) groups is 1. The molecule has 2 heterocycles. The van der Waals surface area contributed by atoms with Crippen molar-refractivity contribution in [2.24, 2.45) is 11.0 Å². The van der Waals surface area contributed by atoms with Crippen LogP contribution in [0.25, 0.3) is 0 Å². The summed E-state index contributed by atoms with van der Waals surface area (Å²) in [5.74, 6) is -1.70. The molecule has 2 aromatic rings. The van der Waals surface area contributed by atoms with Crippen molar-refractivity contribution in [3.05, 3.63) is 65.0 Å². The van der Waals surface area contributed by atoms with Gasteiger partial charge in [-0.25, -0.2) is 18.0 Å². The van der Waals surface area contributed by atoms with E-state index in [4.69, 9.17) is 9.47 Å². The third-order valence-electron chi connectivity index (χ3n) is 5.32. The summed E-state index contributed by atoms with van der Waals surface area (Å²) >= 11 is 1.09. The molecular weight excluding hydrogens is 429 g/mol. The van der Waals surface area contributed by atoms with Crippen LogP contribution in [0.4, 0.5) is 18.0 Å². The fraction of sp³-hybridized carbons (Fsp3) is 0.364. The summed E-state index contributed by atoms with van der Waals surface area (Å²) in [7, 11) is 0. The molecule has 0 N–H and O–H groups in total. The Hall–Kier alpha value is -2.68. The lowest BCUT2D eigenvalue weighted by Crippen LogP contribution is -2.51. The maximum Gasteiger partial charge on any atom is 0.432 e. The molecule has 0 saturated heterocycles. The number of fused-ring (bicyclic) bond motifs is 2. The van der Waals surface area contributed by atoms with Crippen molar-refractivity contribution in [1.82, 2.24) is 5.01 Å². The van der Waals surface area contributed by atoms with Crippen LogP contribution in [0.5, 0.6) is 5.75 Å². The highest BCUT2D eigenvalue weighted by Gasteiger charge is 2.58. The molecule has 0 saturated carbocycles. The maximum absolute atomic E-state index is 14.6. The van der Waals surface area contributed by atoms with E-state index in [0.717, 1.165) is 41.4 Å². The standard InChI is InChI=1S/C22H21F3N2O3S/c1-3-5-13-12-30-19-9-7-15(24)11-17(19)22(13)27(21(28)29-4-2)26-20(31-22)16-10-14(23)6-8-18(16)25/h6-11,13H,3-5,12H2,1-2H3/t13-,22+/m0/s1. The van der Waals surface area contributed by atoms with E-state index in [-0.39, 0.29) is 29.7 Å². The van der Waals surface area contributed by atoms with Gasteiger partial charge in [-0.05, 0) is 49.7 Å². The van der Waals surface area contributed by atoms with Gasteiger partial charge in [-0.1, -0.05) is 25.1 Å². The SMILES string of the molecule is CCC[C@H]1COc2ccc(F)cc2[C@]12SC(c1cc(F)ccc1F)=NN2C(=O)OCC. The fourth-order valence-electron chi connectivity index (χ4n) is 3.99. The van der Waals surface area contributed by atoms with E-state index >= 15 is 0 Å². The highest BCUT2D eigenvalue weighted by molar-refractivity contribution is 8.15. The van der Waals surface area contributed by atoms with Gasteiger partial charge in [-0.2, -0.15) is 10.1 Å². The maximum atomic E-state index is 14.6. The summed E-state index contributed by atoms with van der Waals surface area (Å²) in [6, 6.07) is 7.13. The Bertz CT molecular complexity index is 1050. The van der Waals surface area contributed by atoms with Gasteiger partial charge in [0.05, 0.1) is 13.2 Å². The Morgan fingerprint density at radius 2 is 1.97 bits per heavy atom. The van der Waals surface area contributed by atoms with Gasteiger partial charge in [0.25, 0.3) is 0 Å². The number of hydrogen-bond acceptors (Lipinski definition) is 5. The van der Waals surface area contributed by atoms with Crippen molar-refractivity contribution in [2.75, 3.05) is 13.2 Å². The summed E-state index contributed by atoms with van der Waals surface area (Å²) in [5.41, 5.74) is 0.335. The molecule has 2 aliphatic rings. The van der Waals surface area contributed by atoms with E-state index < -0.39 is 28.4 Å². The van der Waals surface area contributed by atoms with Crippen molar-refractivity contribution < 1.29 is 27.4 Å². The predicted molar refractivity (Wildman–Crippen MR) is 111 cm³/mol. The van der Waals surface area contributed by atoms with Gasteiger partial charge in [0.2, 0.25) is 0 Å². The number of carbonyl (C=O) groups excluding carboxylic acids is 1. The van der Waals surface area contributed by atoms with E-state index in [1.807, 2.05) is 6.92 Å². The number of carbonyl (C=O) groups is 1. The molecule has 2 aliphatic heterocycles. The summed E-state index contributed by atoms with van der Waals surface area (Å²) < 4.78 is 53.9. The van der Waals surface area contributed by atoms with Crippen LogP contribution in [-0.2, 0) is 9.61 Å². The second-order valence-electron chi connectivity index (χ2n) is 7.28. The van der Waals surface area contributed by atoms with Crippen molar-refractivity contribution in [1.29, 1.82) is 0 Å². The molecule has 31 heavy (non-hydrogen) atoms. The fourth-order valence-corrected chi connectivity index (χ4v) is 5.50. The highest BCUT2D eigenvalue weighted by atomic mass is 32.2. The van der Waals surface area contributed by atoms with Crippen LogP contribution < -0.4 is 4.74 Å². The zero-order valence-corrected chi connectivity index (χ0v) is 17.8. The highest BCUT2D eigenvalue weighted by Crippen LogP contribution is 2.58. The minimum atomic E-state index is -1.22. The Morgan fingerprint density at radius 1 is 1.23 bits per heavy atom. The van der Waals surface area contributed by atoms with Gasteiger partial charge in [0.15, 0.2) is 4.87 Å². The third kappa shape index (κ3) is 3.64. The average molecular weight is 450 g/mol. The monoisotopic (exact) mass is 450 g/mol. The molecule has 9 heteroatoms. The number of ether oxygens (including phenoxy) is 2. The first kappa shape index (κ1) is 21.5. The summed E-state index contributed by atoms with van der Waals surface area (Å²) in [4.78, 5) is 11.8. The van der Waals surface area contributed by atoms with Gasteiger partial charge < -0.3 is 9.47 Å². The second kappa shape index (κ2) is 8.45. The first-order valence-electron chi connectivity index (χ1n) is 10.0. The van der Waals surface area contributed by atoms with Crippen LogP contribution in [0.2, 0.25) is 0 Å². The van der Waals surface area contributed by atoms with Crippen LogP contribution in [0.3, 0.4) is 0 Å². The number of rotatable bonds is 4. The Kier molecular flexibility index (Phi) is 5.88. The van der Waals surface area contributed by atoms with E-state index in [1.165, 1.54) is 18.2 Å². The third-order valence-corrected chi connectivity index (χ3v) is 6.85. The smallest absolute Gasteiger partial charge is 0.432 e. The van der Waals surface area contributed by atoms with Crippen molar-refractivity contribution in [3.63, 3.8) is 0 Å². The molecule has 2 atom stereocenters. The zero-order chi connectivity index (χ0) is 22.2. The van der Waals surface area contributed by atoms with Crippen LogP contribution in [0.1, 0.15) is 37.8 Å². The Morgan fingerprint density at radius 3 is 2.71 bits per heavy atom. The van der Waals surface area contributed by atoms with Gasteiger partial charge in [0.1, 0.15) is 28.2 Å². The second-order valence-corrected chi connectivity index (χ2v) is 8.49. The lowest BCUT2D eigenvalue weighted by atomic mass is 9.86. The van der Waals surface area contributed by atoms with Crippen molar-refractivity contribution in [3.8, 4) is 5.75 Å². The molecule has 0 radical (unpaired) electrons. The van der Waals surface area contributed by atoms with E-state index in [1.54, 1.807) is 6.92 Å². The molecule has 0 aromatic heterocycles. The Balaban J connectivity index is 1.92. The topological polar surface area (TPSA) is 51.1 Å². The van der Waals surface area contributed by atoms with Crippen LogP contribution in [-0.4, -0.2) is 29.4 Å². The minimum absolute atomic E-state index is 0.0733. The molecule has 1 spiro atoms. The Labute approximate surface area is 182 Å². The number of hydrogen-bond donors (Lipinski definition) is 0. The van der Waals surface area contributed by atoms with Crippen LogP contribution in [0, 0.1) is 23.4 Å². The molecule has 0 unspecified atom stereocenters. The van der Waals surface area contributed by atoms with Crippen molar-refractivity contribution >= 4 is 22.9 Å². The van der Waals surface area contributed by atoms with Gasteiger partial charge in [-0.15, -0.1) is 0 Å². The molecule has 0 aliphatic carbocycles. The normalized spacial score (nSPS) is 22.2. The number of halogens is 3. The average Bonchev–Trinajstić information content (AvgIpc) is 3.14. The number of hydrazone groups is 1. The van der Waals surface area contributed by atoms with Crippen molar-refractivity contribution in [2.45, 2.75) is 31.6 Å². The largest absolute Gasteiger partial charge is 0.493 e. The predicted octanol–water partition coefficient (Wildman–Crippen LogP) is 5.63. The van der Waals surface area contributed by atoms with E-state index in [2.05, 4.69) is 5.10 Å². The molecule has 2 aromatic carbocycles. The molecule has 1 amide bonds. The molecular formula is C22H21F3N2O3S. The number of nitrogens with zero attached hydrogens (tertiary/aromatic N) is 2. The first-order valence-corrected chi connectivity index (χ1v) is 10.8. The zero-order valence-electron chi connectivity index (χ0n) is 17.0.